The summed E-state index contributed by atoms with van der Waals surface area (Å²) in [6, 6.07) is 42.5. The van der Waals surface area contributed by atoms with Crippen LogP contribution in [0.15, 0.2) is 121 Å². The molecular weight excluding hydrogens is 559 g/mol. The van der Waals surface area contributed by atoms with Crippen LogP contribution in [0.25, 0.3) is 21.9 Å². The topological polar surface area (TPSA) is 65.8 Å². The summed E-state index contributed by atoms with van der Waals surface area (Å²) in [7, 11) is 0. The van der Waals surface area contributed by atoms with Crippen LogP contribution in [0.1, 0.15) is 52.8 Å². The largest absolute Gasteiger partial charge is 0.301 e. The van der Waals surface area contributed by atoms with Crippen LogP contribution in [0.2, 0.25) is 0 Å². The molecule has 5 heteroatoms. The summed E-state index contributed by atoms with van der Waals surface area (Å²) < 4.78 is 0. The van der Waals surface area contributed by atoms with E-state index in [4.69, 9.17) is 4.98 Å². The van der Waals surface area contributed by atoms with E-state index in [-0.39, 0.29) is 11.8 Å². The fraction of sp³-hybridized carbons (Fsp3) is 0.154. The van der Waals surface area contributed by atoms with Gasteiger partial charge in [-0.05, 0) is 63.1 Å². The molecule has 0 fully saturated rings. The minimum Gasteiger partial charge on any atom is -0.301 e. The van der Waals surface area contributed by atoms with Crippen molar-refractivity contribution in [1.82, 2.24) is 4.98 Å². The van der Waals surface area contributed by atoms with Gasteiger partial charge in [0.05, 0.1) is 17.2 Å². The molecule has 0 saturated carbocycles. The molecule has 1 amide bonds. The predicted molar refractivity (Wildman–Crippen MR) is 177 cm³/mol. The summed E-state index contributed by atoms with van der Waals surface area (Å²) >= 11 is 1.45. The number of hydrogen-bond acceptors (Lipinski definition) is 4. The number of aromatic nitrogens is 1. The van der Waals surface area contributed by atoms with Gasteiger partial charge in [0.2, 0.25) is 5.91 Å². The highest BCUT2D eigenvalue weighted by molar-refractivity contribution is 7.13. The number of hydrogen-bond donors (Lipinski definition) is 1. The molecule has 212 valence electrons. The van der Waals surface area contributed by atoms with Gasteiger partial charge >= 0.3 is 0 Å². The first-order valence-corrected chi connectivity index (χ1v) is 15.8. The number of nitrogens with zero attached hydrogens (tertiary/aromatic N) is 2. The van der Waals surface area contributed by atoms with Crippen LogP contribution in [0.4, 0.5) is 5.13 Å². The molecule has 1 heterocycles. The molecule has 1 unspecified atom stereocenters. The van der Waals surface area contributed by atoms with Crippen LogP contribution in [-0.4, -0.2) is 10.9 Å². The van der Waals surface area contributed by atoms with Gasteiger partial charge < -0.3 is 5.32 Å². The lowest BCUT2D eigenvalue weighted by molar-refractivity contribution is -0.127. The van der Waals surface area contributed by atoms with E-state index in [9.17, 15) is 10.1 Å². The molecule has 0 spiro atoms. The second kappa shape index (κ2) is 10.0. The van der Waals surface area contributed by atoms with Gasteiger partial charge in [0, 0.05) is 17.7 Å². The Morgan fingerprint density at radius 1 is 0.886 bits per heavy atom. The average molecular weight is 588 g/mol. The summed E-state index contributed by atoms with van der Waals surface area (Å²) in [5.41, 5.74) is 7.03. The first-order valence-electron chi connectivity index (χ1n) is 14.9. The second-order valence-corrected chi connectivity index (χ2v) is 13.1. The lowest BCUT2D eigenvalue weighted by Gasteiger charge is -2.54. The maximum Gasteiger partial charge on any atom is 0.233 e. The molecule has 3 aliphatic rings. The van der Waals surface area contributed by atoms with Crippen molar-refractivity contribution in [1.29, 1.82) is 5.26 Å². The van der Waals surface area contributed by atoms with Crippen LogP contribution in [0, 0.1) is 16.7 Å². The smallest absolute Gasteiger partial charge is 0.233 e. The van der Waals surface area contributed by atoms with Crippen molar-refractivity contribution in [3.05, 3.63) is 154 Å². The van der Waals surface area contributed by atoms with Crippen molar-refractivity contribution in [3.8, 4) is 17.2 Å². The number of nitriles is 1. The van der Waals surface area contributed by atoms with Crippen LogP contribution >= 0.6 is 11.3 Å². The molecule has 4 nitrogen and oxygen atoms in total. The third-order valence-corrected chi connectivity index (χ3v) is 10.5. The third kappa shape index (κ3) is 3.95. The van der Waals surface area contributed by atoms with Gasteiger partial charge in [-0.15, -0.1) is 11.3 Å². The first-order chi connectivity index (χ1) is 21.5. The Balaban J connectivity index is 1.04. The number of rotatable bonds is 5. The monoisotopic (exact) mass is 587 g/mol. The Bertz CT molecular complexity index is 2070. The lowest BCUT2D eigenvalue weighted by Crippen LogP contribution is -2.53. The van der Waals surface area contributed by atoms with Crippen LogP contribution in [0.5, 0.6) is 0 Å². The molecule has 6 aromatic rings. The van der Waals surface area contributed by atoms with Crippen molar-refractivity contribution in [2.75, 3.05) is 5.32 Å². The summed E-state index contributed by atoms with van der Waals surface area (Å²) in [6.45, 7) is 2.01. The van der Waals surface area contributed by atoms with Crippen LogP contribution in [-0.2, 0) is 16.6 Å². The minimum atomic E-state index is -0.861. The average Bonchev–Trinajstić information content (AvgIpc) is 3.51. The van der Waals surface area contributed by atoms with Gasteiger partial charge in [0.1, 0.15) is 5.41 Å². The molecule has 9 rings (SSSR count). The van der Waals surface area contributed by atoms with Gasteiger partial charge in [-0.25, -0.2) is 4.98 Å². The van der Waals surface area contributed by atoms with Crippen molar-refractivity contribution in [2.45, 2.75) is 31.1 Å². The van der Waals surface area contributed by atoms with E-state index >= 15 is 0 Å². The zero-order valence-electron chi connectivity index (χ0n) is 24.2. The molecule has 0 aliphatic heterocycles. The number of carbonyl (C=O) groups excluding carboxylic acids is 1. The number of anilines is 1. The highest BCUT2D eigenvalue weighted by Gasteiger charge is 2.61. The molecule has 2 bridgehead atoms. The van der Waals surface area contributed by atoms with E-state index < -0.39 is 10.8 Å². The normalized spacial score (nSPS) is 21.3. The molecule has 1 atom stereocenters. The van der Waals surface area contributed by atoms with Gasteiger partial charge in [-0.3, -0.25) is 4.79 Å². The van der Waals surface area contributed by atoms with Crippen molar-refractivity contribution >= 4 is 33.1 Å². The number of carbonyl (C=O) groups is 1. The van der Waals surface area contributed by atoms with Crippen LogP contribution in [0.3, 0.4) is 0 Å². The van der Waals surface area contributed by atoms with Crippen LogP contribution < -0.4 is 5.32 Å². The summed E-state index contributed by atoms with van der Waals surface area (Å²) in [5.74, 6) is -0.226. The number of amides is 1. The Hall–Kier alpha value is -5.05. The second-order valence-electron chi connectivity index (χ2n) is 12.2. The third-order valence-electron chi connectivity index (χ3n) is 9.65. The van der Waals surface area contributed by atoms with Gasteiger partial charge in [-0.1, -0.05) is 115 Å². The van der Waals surface area contributed by atoms with E-state index in [0.717, 1.165) is 33.5 Å². The Labute approximate surface area is 260 Å². The maximum absolute atomic E-state index is 14.1. The number of fused-ring (bicyclic) bond motifs is 2. The van der Waals surface area contributed by atoms with E-state index in [0.29, 0.717) is 18.0 Å². The molecule has 1 N–H and O–H groups in total. The summed E-state index contributed by atoms with van der Waals surface area (Å²) in [5, 5.41) is 18.9. The fourth-order valence-corrected chi connectivity index (χ4v) is 8.37. The van der Waals surface area contributed by atoms with Crippen molar-refractivity contribution in [2.24, 2.45) is 5.41 Å². The van der Waals surface area contributed by atoms with Gasteiger partial charge in [-0.2, -0.15) is 5.26 Å². The first kappa shape index (κ1) is 26.6. The molecular formula is C39H29N3OS. The minimum absolute atomic E-state index is 0.0912. The molecule has 3 aliphatic carbocycles. The van der Waals surface area contributed by atoms with E-state index in [1.54, 1.807) is 0 Å². The Morgan fingerprint density at radius 2 is 1.55 bits per heavy atom. The van der Waals surface area contributed by atoms with Gasteiger partial charge in [0.25, 0.3) is 0 Å². The number of nitrogens with one attached hydrogen (secondary N) is 1. The number of thiazole rings is 1. The SMILES string of the molecule is CC1(C(=O)Nc2nc(Cc3ccc(-c4cccc5ccccc45)cc3)cs2)CC2(C#N)c3ccccc3C1c1ccccc12. The highest BCUT2D eigenvalue weighted by Crippen LogP contribution is 2.63. The number of benzene rings is 5. The van der Waals surface area contributed by atoms with E-state index in [2.05, 4.69) is 102 Å². The van der Waals surface area contributed by atoms with Crippen molar-refractivity contribution in [3.63, 3.8) is 0 Å². The molecule has 0 saturated heterocycles. The molecule has 44 heavy (non-hydrogen) atoms. The highest BCUT2D eigenvalue weighted by atomic mass is 32.1. The molecule has 0 radical (unpaired) electrons. The summed E-state index contributed by atoms with van der Waals surface area (Å²) in [6.07, 6.45) is 1.11. The standard InChI is InChI=1S/C39H29N3OS/c1-38(23-39(24-40)33-15-6-4-12-31(33)35(38)32-13-5-7-16-34(32)39)36(43)42-37-41-28(22-44-37)21-25-17-19-27(20-18-25)30-14-8-10-26-9-2-3-11-29(26)30/h2-20,22,35H,21,23H2,1H3,(H,41,42,43). The lowest BCUT2D eigenvalue weighted by atomic mass is 9.47. The Morgan fingerprint density at radius 3 is 2.27 bits per heavy atom. The Kier molecular flexibility index (Phi) is 6.04. The predicted octanol–water partition coefficient (Wildman–Crippen LogP) is 8.86. The zero-order chi connectivity index (χ0) is 29.9. The van der Waals surface area contributed by atoms with Crippen molar-refractivity contribution < 1.29 is 4.79 Å². The van der Waals surface area contributed by atoms with E-state index in [1.165, 1.54) is 33.2 Å². The molecule has 5 aromatic carbocycles. The maximum atomic E-state index is 14.1. The quantitative estimate of drug-likeness (QED) is 0.219. The summed E-state index contributed by atoms with van der Waals surface area (Å²) in [4.78, 5) is 18.9. The fourth-order valence-electron chi connectivity index (χ4n) is 7.66. The van der Waals surface area contributed by atoms with Gasteiger partial charge in [0.15, 0.2) is 5.13 Å². The zero-order valence-corrected chi connectivity index (χ0v) is 25.1. The molecule has 1 aromatic heterocycles. The van der Waals surface area contributed by atoms with E-state index in [1.807, 2.05) is 36.6 Å².